The lowest BCUT2D eigenvalue weighted by molar-refractivity contribution is -0.150. The molecule has 0 spiro atoms. The van der Waals surface area contributed by atoms with E-state index < -0.39 is 11.5 Å². The highest BCUT2D eigenvalue weighted by atomic mass is 16.4. The summed E-state index contributed by atoms with van der Waals surface area (Å²) < 4.78 is 0. The van der Waals surface area contributed by atoms with Gasteiger partial charge in [-0.15, -0.1) is 0 Å². The molecule has 2 fully saturated rings. The quantitative estimate of drug-likeness (QED) is 0.728. The van der Waals surface area contributed by atoms with Crippen molar-refractivity contribution >= 4 is 11.9 Å². The highest BCUT2D eigenvalue weighted by Gasteiger charge is 2.44. The first-order valence-corrected chi connectivity index (χ1v) is 7.74. The predicted molar refractivity (Wildman–Crippen MR) is 76.3 cm³/mol. The summed E-state index contributed by atoms with van der Waals surface area (Å²) >= 11 is 0. The summed E-state index contributed by atoms with van der Waals surface area (Å²) in [5, 5.41) is 15.6. The van der Waals surface area contributed by atoms with Gasteiger partial charge in [0.25, 0.3) is 0 Å². The van der Waals surface area contributed by atoms with Gasteiger partial charge in [-0.3, -0.25) is 4.79 Å². The highest BCUT2D eigenvalue weighted by Crippen LogP contribution is 2.34. The third-order valence-corrected chi connectivity index (χ3v) is 5.16. The van der Waals surface area contributed by atoms with Gasteiger partial charge in [-0.1, -0.05) is 20.3 Å². The Morgan fingerprint density at radius 3 is 2.40 bits per heavy atom. The number of hydrogen-bond donors (Lipinski definition) is 3. The minimum absolute atomic E-state index is 0.0974. The molecule has 0 aromatic rings. The van der Waals surface area contributed by atoms with E-state index in [0.29, 0.717) is 25.3 Å². The molecule has 5 nitrogen and oxygen atoms in total. The maximum Gasteiger partial charge on any atom is 0.329 e. The van der Waals surface area contributed by atoms with Crippen molar-refractivity contribution in [2.75, 3.05) is 13.1 Å². The van der Waals surface area contributed by atoms with Crippen LogP contribution >= 0.6 is 0 Å². The molecule has 0 aromatic heterocycles. The summed E-state index contributed by atoms with van der Waals surface area (Å²) in [5.74, 6) is -0.201. The zero-order chi connectivity index (χ0) is 14.8. The maximum atomic E-state index is 12.4. The average Bonchev–Trinajstić information content (AvgIpc) is 2.85. The summed E-state index contributed by atoms with van der Waals surface area (Å²) in [5.41, 5.74) is -1.04. The molecule has 20 heavy (non-hydrogen) atoms. The van der Waals surface area contributed by atoms with Crippen LogP contribution in [0.5, 0.6) is 0 Å². The van der Waals surface area contributed by atoms with E-state index in [9.17, 15) is 14.7 Å². The van der Waals surface area contributed by atoms with E-state index in [-0.39, 0.29) is 17.7 Å². The van der Waals surface area contributed by atoms with Gasteiger partial charge in [0.15, 0.2) is 0 Å². The molecule has 114 valence electrons. The second-order valence-electron chi connectivity index (χ2n) is 6.47. The minimum atomic E-state index is -1.04. The van der Waals surface area contributed by atoms with Crippen molar-refractivity contribution in [1.29, 1.82) is 0 Å². The van der Waals surface area contributed by atoms with E-state index in [1.165, 1.54) is 0 Å². The Hall–Kier alpha value is -1.10. The molecule has 2 rings (SSSR count). The molecule has 1 saturated heterocycles. The molecule has 1 aliphatic heterocycles. The topological polar surface area (TPSA) is 78.4 Å². The van der Waals surface area contributed by atoms with Crippen LogP contribution in [0.3, 0.4) is 0 Å². The first kappa shape index (κ1) is 15.3. The fraction of sp³-hybridized carbons (Fsp3) is 0.867. The van der Waals surface area contributed by atoms with Crippen molar-refractivity contribution in [3.63, 3.8) is 0 Å². The van der Waals surface area contributed by atoms with Crippen molar-refractivity contribution < 1.29 is 14.7 Å². The zero-order valence-electron chi connectivity index (χ0n) is 12.4. The molecule has 1 aliphatic carbocycles. The van der Waals surface area contributed by atoms with E-state index >= 15 is 0 Å². The molecule has 3 N–H and O–H groups in total. The molecular weight excluding hydrogens is 256 g/mol. The second kappa shape index (κ2) is 6.12. The Labute approximate surface area is 120 Å². The Balaban J connectivity index is 2.03. The Bertz CT molecular complexity index is 375. The van der Waals surface area contributed by atoms with Gasteiger partial charge in [0.1, 0.15) is 5.54 Å². The van der Waals surface area contributed by atoms with Crippen LogP contribution in [-0.4, -0.2) is 35.6 Å². The number of nitrogens with one attached hydrogen (secondary N) is 2. The van der Waals surface area contributed by atoms with Crippen LogP contribution in [0.25, 0.3) is 0 Å². The summed E-state index contributed by atoms with van der Waals surface area (Å²) in [6.07, 6.45) is 3.98. The van der Waals surface area contributed by atoms with Gasteiger partial charge in [-0.2, -0.15) is 0 Å². The van der Waals surface area contributed by atoms with E-state index in [2.05, 4.69) is 17.6 Å². The van der Waals surface area contributed by atoms with Crippen LogP contribution in [0, 0.1) is 17.8 Å². The van der Waals surface area contributed by atoms with Crippen LogP contribution in [0.4, 0.5) is 0 Å². The molecule has 0 aromatic carbocycles. The van der Waals surface area contributed by atoms with Gasteiger partial charge in [-0.05, 0) is 44.1 Å². The number of hydrogen-bond acceptors (Lipinski definition) is 3. The summed E-state index contributed by atoms with van der Waals surface area (Å²) in [6, 6.07) is 0. The van der Waals surface area contributed by atoms with Crippen LogP contribution in [0.15, 0.2) is 0 Å². The van der Waals surface area contributed by atoms with Gasteiger partial charge in [0.2, 0.25) is 5.91 Å². The SMILES string of the molecule is CCC1CCC(NC(=O)[C@@H]2CNC[C@H]2C)(C(=O)O)CC1. The van der Waals surface area contributed by atoms with Crippen molar-refractivity contribution in [2.45, 2.75) is 51.5 Å². The first-order chi connectivity index (χ1) is 9.48. The highest BCUT2D eigenvalue weighted by molar-refractivity contribution is 5.88. The van der Waals surface area contributed by atoms with E-state index in [1.54, 1.807) is 0 Å². The fourth-order valence-electron chi connectivity index (χ4n) is 3.46. The number of carboxylic acids is 1. The van der Waals surface area contributed by atoms with Crippen LogP contribution in [0.2, 0.25) is 0 Å². The second-order valence-corrected chi connectivity index (χ2v) is 6.47. The number of carboxylic acid groups (broad SMARTS) is 1. The molecule has 0 radical (unpaired) electrons. The lowest BCUT2D eigenvalue weighted by Crippen LogP contribution is -2.58. The van der Waals surface area contributed by atoms with Gasteiger partial charge in [-0.25, -0.2) is 4.79 Å². The fourth-order valence-corrected chi connectivity index (χ4v) is 3.46. The summed E-state index contributed by atoms with van der Waals surface area (Å²) in [6.45, 7) is 5.66. The number of rotatable bonds is 4. The third kappa shape index (κ3) is 2.97. The van der Waals surface area contributed by atoms with E-state index in [0.717, 1.165) is 25.8 Å². The summed E-state index contributed by atoms with van der Waals surface area (Å²) in [7, 11) is 0. The van der Waals surface area contributed by atoms with Crippen LogP contribution in [0.1, 0.15) is 46.0 Å². The first-order valence-electron chi connectivity index (χ1n) is 7.74. The Kier molecular flexibility index (Phi) is 4.68. The van der Waals surface area contributed by atoms with Gasteiger partial charge >= 0.3 is 5.97 Å². The lowest BCUT2D eigenvalue weighted by Gasteiger charge is -2.38. The van der Waals surface area contributed by atoms with Crippen molar-refractivity contribution in [3.8, 4) is 0 Å². The van der Waals surface area contributed by atoms with E-state index in [1.807, 2.05) is 6.92 Å². The van der Waals surface area contributed by atoms with Gasteiger partial charge in [0.05, 0.1) is 5.92 Å². The monoisotopic (exact) mass is 282 g/mol. The molecule has 0 unspecified atom stereocenters. The minimum Gasteiger partial charge on any atom is -0.480 e. The molecule has 2 atom stereocenters. The molecule has 1 amide bonds. The van der Waals surface area contributed by atoms with Crippen molar-refractivity contribution in [2.24, 2.45) is 17.8 Å². The molecule has 5 heteroatoms. The van der Waals surface area contributed by atoms with Crippen molar-refractivity contribution in [3.05, 3.63) is 0 Å². The Morgan fingerprint density at radius 1 is 1.30 bits per heavy atom. The zero-order valence-corrected chi connectivity index (χ0v) is 12.4. The largest absolute Gasteiger partial charge is 0.480 e. The molecule has 0 bridgehead atoms. The van der Waals surface area contributed by atoms with Crippen LogP contribution in [-0.2, 0) is 9.59 Å². The number of aliphatic carboxylic acids is 1. The lowest BCUT2D eigenvalue weighted by atomic mass is 9.75. The van der Waals surface area contributed by atoms with Crippen LogP contribution < -0.4 is 10.6 Å². The maximum absolute atomic E-state index is 12.4. The smallest absolute Gasteiger partial charge is 0.329 e. The Morgan fingerprint density at radius 2 is 1.95 bits per heavy atom. The number of carbonyl (C=O) groups is 2. The summed E-state index contributed by atoms with van der Waals surface area (Å²) in [4.78, 5) is 24.0. The van der Waals surface area contributed by atoms with E-state index in [4.69, 9.17) is 0 Å². The average molecular weight is 282 g/mol. The number of amides is 1. The predicted octanol–water partition coefficient (Wildman–Crippen LogP) is 1.38. The number of carbonyl (C=O) groups excluding carboxylic acids is 1. The normalized spacial score (nSPS) is 37.6. The van der Waals surface area contributed by atoms with Gasteiger partial charge in [0, 0.05) is 6.54 Å². The molecular formula is C15H26N2O3. The van der Waals surface area contributed by atoms with Gasteiger partial charge < -0.3 is 15.7 Å². The van der Waals surface area contributed by atoms with Crippen molar-refractivity contribution in [1.82, 2.24) is 10.6 Å². The third-order valence-electron chi connectivity index (χ3n) is 5.16. The molecule has 1 saturated carbocycles. The molecule has 2 aliphatic rings. The molecule has 1 heterocycles. The standard InChI is InChI=1S/C15H26N2O3/c1-3-11-4-6-15(7-5-11,14(19)20)17-13(18)12-9-16-8-10(12)2/h10-12,16H,3-9H2,1-2H3,(H,17,18)(H,19,20)/t10-,11?,12-,15?/m1/s1.